The fourth-order valence-corrected chi connectivity index (χ4v) is 2.30. The summed E-state index contributed by atoms with van der Waals surface area (Å²) in [5, 5.41) is 0. The minimum atomic E-state index is 0.399. The lowest BCUT2D eigenvalue weighted by atomic mass is 10.1. The van der Waals surface area contributed by atoms with Crippen molar-refractivity contribution in [3.63, 3.8) is 0 Å². The Hall–Kier alpha value is -1.57. The van der Waals surface area contributed by atoms with Crippen LogP contribution in [0.5, 0.6) is 0 Å². The number of likely N-dealkylation sites (tertiary alicyclic amines) is 1. The third-order valence-corrected chi connectivity index (χ3v) is 3.30. The normalized spacial score (nSPS) is 17.6. The maximum Gasteiger partial charge on any atom is 0.115 e. The number of pyridine rings is 1. The minimum absolute atomic E-state index is 0.399. The lowest BCUT2D eigenvalue weighted by Gasteiger charge is -2.30. The number of methoxy groups -OCH3 is 1. The Bertz CT molecular complexity index is 445. The van der Waals surface area contributed by atoms with Crippen LogP contribution < -0.4 is 5.73 Å². The molecule has 0 unspecified atom stereocenters. The Balaban J connectivity index is 1.98. The van der Waals surface area contributed by atoms with Gasteiger partial charge in [-0.25, -0.2) is 4.98 Å². The molecule has 2 heterocycles. The van der Waals surface area contributed by atoms with E-state index in [1.165, 1.54) is 0 Å². The molecule has 4 heteroatoms. The monoisotopic (exact) mass is 245 g/mol. The van der Waals surface area contributed by atoms with Crippen molar-refractivity contribution in [1.29, 1.82) is 0 Å². The molecule has 1 aromatic rings. The molecule has 0 radical (unpaired) electrons. The average Bonchev–Trinajstić information content (AvgIpc) is 2.39. The van der Waals surface area contributed by atoms with Crippen LogP contribution in [-0.4, -0.2) is 36.2 Å². The van der Waals surface area contributed by atoms with Crippen molar-refractivity contribution in [3.05, 3.63) is 23.5 Å². The Morgan fingerprint density at radius 3 is 2.83 bits per heavy atom. The summed E-state index contributed by atoms with van der Waals surface area (Å²) in [5.41, 5.74) is 8.04. The van der Waals surface area contributed by atoms with E-state index in [0.717, 1.165) is 38.2 Å². The highest BCUT2D eigenvalue weighted by atomic mass is 16.5. The zero-order valence-electron chi connectivity index (χ0n) is 10.7. The number of piperidine rings is 1. The summed E-state index contributed by atoms with van der Waals surface area (Å²) in [6.45, 7) is 2.86. The number of nitrogens with two attached hydrogens (primary N) is 1. The zero-order valence-corrected chi connectivity index (χ0v) is 10.7. The third-order valence-electron chi connectivity index (χ3n) is 3.30. The largest absolute Gasteiger partial charge is 0.399 e. The number of terminal acetylenes is 1. The van der Waals surface area contributed by atoms with Gasteiger partial charge >= 0.3 is 0 Å². The van der Waals surface area contributed by atoms with Gasteiger partial charge in [0.05, 0.1) is 11.8 Å². The van der Waals surface area contributed by atoms with Crippen molar-refractivity contribution < 1.29 is 4.74 Å². The summed E-state index contributed by atoms with van der Waals surface area (Å²) in [6.07, 6.45) is 7.90. The number of ether oxygens (including phenoxy) is 1. The van der Waals surface area contributed by atoms with Crippen LogP contribution in [0.1, 0.15) is 24.2 Å². The Morgan fingerprint density at radius 1 is 1.50 bits per heavy atom. The first kappa shape index (κ1) is 12.9. The highest BCUT2D eigenvalue weighted by molar-refractivity contribution is 5.44. The molecule has 1 saturated heterocycles. The first-order chi connectivity index (χ1) is 8.71. The van der Waals surface area contributed by atoms with E-state index >= 15 is 0 Å². The van der Waals surface area contributed by atoms with Gasteiger partial charge < -0.3 is 10.5 Å². The fourth-order valence-electron chi connectivity index (χ4n) is 2.30. The molecule has 4 nitrogen and oxygen atoms in total. The molecule has 1 fully saturated rings. The topological polar surface area (TPSA) is 51.4 Å². The smallest absolute Gasteiger partial charge is 0.115 e. The van der Waals surface area contributed by atoms with Crippen LogP contribution in [0, 0.1) is 12.3 Å². The lowest BCUT2D eigenvalue weighted by molar-refractivity contribution is 0.0385. The summed E-state index contributed by atoms with van der Waals surface area (Å²) in [7, 11) is 1.78. The van der Waals surface area contributed by atoms with Crippen molar-refractivity contribution >= 4 is 5.69 Å². The zero-order chi connectivity index (χ0) is 13.0. The molecule has 0 spiro atoms. The number of aromatic nitrogens is 1. The predicted octanol–water partition coefficient (Wildman–Crippen LogP) is 1.26. The van der Waals surface area contributed by atoms with Gasteiger partial charge in [0.25, 0.3) is 0 Å². The van der Waals surface area contributed by atoms with Crippen LogP contribution >= 0.6 is 0 Å². The van der Waals surface area contributed by atoms with Gasteiger partial charge in [0, 0.05) is 32.4 Å². The summed E-state index contributed by atoms with van der Waals surface area (Å²) in [5.74, 6) is 2.53. The van der Waals surface area contributed by atoms with Gasteiger partial charge in [-0.3, -0.25) is 4.90 Å². The van der Waals surface area contributed by atoms with Gasteiger partial charge in [-0.2, -0.15) is 0 Å². The summed E-state index contributed by atoms with van der Waals surface area (Å²) in [4.78, 5) is 6.76. The SMILES string of the molecule is C#Cc1cc(N)cc(CN2CCC(OC)CC2)n1. The Kier molecular flexibility index (Phi) is 4.19. The summed E-state index contributed by atoms with van der Waals surface area (Å²) < 4.78 is 5.36. The van der Waals surface area contributed by atoms with Gasteiger partial charge in [-0.15, -0.1) is 6.42 Å². The van der Waals surface area contributed by atoms with E-state index in [2.05, 4.69) is 15.8 Å². The van der Waals surface area contributed by atoms with E-state index in [4.69, 9.17) is 16.9 Å². The standard InChI is InChI=1S/C14H19N3O/c1-3-12-8-11(15)9-13(16-12)10-17-6-4-14(18-2)5-7-17/h1,8-9,14H,4-7,10H2,2H3,(H2,15,16). The summed E-state index contributed by atoms with van der Waals surface area (Å²) >= 11 is 0. The third kappa shape index (κ3) is 3.22. The Labute approximate surface area is 108 Å². The lowest BCUT2D eigenvalue weighted by Crippen LogP contribution is -2.36. The first-order valence-electron chi connectivity index (χ1n) is 6.19. The molecule has 2 rings (SSSR count). The van der Waals surface area contributed by atoms with E-state index < -0.39 is 0 Å². The van der Waals surface area contributed by atoms with Gasteiger partial charge in [-0.1, -0.05) is 5.92 Å². The van der Waals surface area contributed by atoms with E-state index in [1.54, 1.807) is 13.2 Å². The van der Waals surface area contributed by atoms with Crippen LogP contribution in [0.25, 0.3) is 0 Å². The van der Waals surface area contributed by atoms with Crippen LogP contribution in [0.3, 0.4) is 0 Å². The van der Waals surface area contributed by atoms with E-state index in [-0.39, 0.29) is 0 Å². The molecule has 96 valence electrons. The van der Waals surface area contributed by atoms with E-state index in [1.807, 2.05) is 6.07 Å². The minimum Gasteiger partial charge on any atom is -0.399 e. The van der Waals surface area contributed by atoms with E-state index in [9.17, 15) is 0 Å². The van der Waals surface area contributed by atoms with E-state index in [0.29, 0.717) is 17.5 Å². The molecule has 1 aliphatic heterocycles. The molecular formula is C14H19N3O. The predicted molar refractivity (Wildman–Crippen MR) is 71.9 cm³/mol. The van der Waals surface area contributed by atoms with Crippen LogP contribution in [0.15, 0.2) is 12.1 Å². The molecule has 1 aromatic heterocycles. The molecule has 0 amide bonds. The highest BCUT2D eigenvalue weighted by Crippen LogP contribution is 2.16. The highest BCUT2D eigenvalue weighted by Gasteiger charge is 2.19. The second-order valence-electron chi connectivity index (χ2n) is 4.63. The van der Waals surface area contributed by atoms with Crippen molar-refractivity contribution in [2.45, 2.75) is 25.5 Å². The van der Waals surface area contributed by atoms with Crippen molar-refractivity contribution in [2.24, 2.45) is 0 Å². The van der Waals surface area contributed by atoms with Gasteiger partial charge in [-0.05, 0) is 25.0 Å². The maximum atomic E-state index is 5.81. The quantitative estimate of drug-likeness (QED) is 0.814. The fraction of sp³-hybridized carbons (Fsp3) is 0.500. The second kappa shape index (κ2) is 5.85. The molecular weight excluding hydrogens is 226 g/mol. The molecule has 0 saturated carbocycles. The Morgan fingerprint density at radius 2 is 2.22 bits per heavy atom. The van der Waals surface area contributed by atoms with Crippen molar-refractivity contribution in [3.8, 4) is 12.3 Å². The molecule has 0 bridgehead atoms. The maximum absolute atomic E-state index is 5.81. The van der Waals surface area contributed by atoms with Crippen LogP contribution in [0.2, 0.25) is 0 Å². The van der Waals surface area contributed by atoms with Crippen molar-refractivity contribution in [1.82, 2.24) is 9.88 Å². The summed E-state index contributed by atoms with van der Waals surface area (Å²) in [6, 6.07) is 3.61. The van der Waals surface area contributed by atoms with Crippen molar-refractivity contribution in [2.75, 3.05) is 25.9 Å². The first-order valence-corrected chi connectivity index (χ1v) is 6.19. The number of anilines is 1. The second-order valence-corrected chi connectivity index (χ2v) is 4.63. The number of nitrogen functional groups attached to an aromatic ring is 1. The van der Waals surface area contributed by atoms with Gasteiger partial charge in [0.2, 0.25) is 0 Å². The molecule has 1 aliphatic rings. The average molecular weight is 245 g/mol. The molecule has 0 aromatic carbocycles. The molecule has 0 atom stereocenters. The molecule has 0 aliphatic carbocycles. The van der Waals surface area contributed by atoms with Gasteiger partial charge in [0.1, 0.15) is 5.69 Å². The van der Waals surface area contributed by atoms with Crippen LogP contribution in [0.4, 0.5) is 5.69 Å². The molecule has 18 heavy (non-hydrogen) atoms. The molecule has 2 N–H and O–H groups in total. The number of nitrogens with zero attached hydrogens (tertiary/aromatic N) is 2. The number of hydrogen-bond donors (Lipinski definition) is 1. The number of hydrogen-bond acceptors (Lipinski definition) is 4. The van der Waals surface area contributed by atoms with Crippen LogP contribution in [-0.2, 0) is 11.3 Å². The number of rotatable bonds is 3. The van der Waals surface area contributed by atoms with Gasteiger partial charge in [0.15, 0.2) is 0 Å².